The summed E-state index contributed by atoms with van der Waals surface area (Å²) in [5.74, 6) is -0.985. The standard InChI is InChI=1S/C30H40O3/c1-9-10-13-21-17-16-20-14-11-12-15-23(20)26(21)28(31)33-27-24(29(2,3)4)18-22(32-8)19-25(27)30(5,6)7/h11-12,14-19,21,26H,9-10,13H2,1-8H3/t21-,26-/m0/s1/i26D. The number of benzene rings is 2. The second kappa shape index (κ2) is 9.75. The van der Waals surface area contributed by atoms with Crippen molar-refractivity contribution in [1.29, 1.82) is 0 Å². The molecule has 0 fully saturated rings. The number of carbonyl (C=O) groups excluding carboxylic acids is 1. The minimum atomic E-state index is -1.51. The topological polar surface area (TPSA) is 35.5 Å². The van der Waals surface area contributed by atoms with E-state index in [2.05, 4.69) is 48.5 Å². The molecule has 3 heteroatoms. The highest BCUT2D eigenvalue weighted by Gasteiger charge is 2.36. The Kier molecular flexibility index (Phi) is 6.97. The summed E-state index contributed by atoms with van der Waals surface area (Å²) in [7, 11) is 1.66. The number of methoxy groups -OCH3 is 1. The molecule has 0 spiro atoms. The largest absolute Gasteiger partial charge is 0.497 e. The number of carbonyl (C=O) groups is 1. The fourth-order valence-corrected chi connectivity index (χ4v) is 4.42. The van der Waals surface area contributed by atoms with E-state index in [4.69, 9.17) is 9.47 Å². The van der Waals surface area contributed by atoms with Crippen LogP contribution in [0.4, 0.5) is 0 Å². The van der Waals surface area contributed by atoms with Gasteiger partial charge in [-0.2, -0.15) is 0 Å². The molecule has 0 radical (unpaired) electrons. The Labute approximate surface area is 201 Å². The summed E-state index contributed by atoms with van der Waals surface area (Å²) in [6.45, 7) is 14.7. The molecule has 0 aliphatic heterocycles. The van der Waals surface area contributed by atoms with Crippen molar-refractivity contribution in [1.82, 2.24) is 0 Å². The van der Waals surface area contributed by atoms with Gasteiger partial charge >= 0.3 is 5.97 Å². The Morgan fingerprint density at radius 3 is 2.18 bits per heavy atom. The van der Waals surface area contributed by atoms with E-state index in [9.17, 15) is 6.17 Å². The number of ether oxygens (including phenoxy) is 2. The molecule has 0 amide bonds. The van der Waals surface area contributed by atoms with E-state index in [0.29, 0.717) is 11.3 Å². The molecule has 1 aliphatic rings. The SMILES string of the molecule is [2H][C@@]1(C(=O)Oc2c(C(C)(C)C)cc(OC)cc2C(C)(C)C)c2ccccc2C=C[C@@H]1CCCC. The van der Waals surface area contributed by atoms with Crippen LogP contribution >= 0.6 is 0 Å². The molecule has 3 nitrogen and oxygen atoms in total. The number of esters is 1. The molecule has 0 bridgehead atoms. The van der Waals surface area contributed by atoms with E-state index < -0.39 is 11.9 Å². The second-order valence-electron chi connectivity index (χ2n) is 11.0. The molecule has 0 saturated carbocycles. The lowest BCUT2D eigenvalue weighted by atomic mass is 9.76. The van der Waals surface area contributed by atoms with Crippen molar-refractivity contribution in [2.24, 2.45) is 5.92 Å². The van der Waals surface area contributed by atoms with E-state index in [1.807, 2.05) is 48.6 Å². The first-order valence-electron chi connectivity index (χ1n) is 12.6. The lowest BCUT2D eigenvalue weighted by molar-refractivity contribution is -0.137. The van der Waals surface area contributed by atoms with Gasteiger partial charge in [0.25, 0.3) is 0 Å². The fraction of sp³-hybridized carbons (Fsp3) is 0.500. The summed E-state index contributed by atoms with van der Waals surface area (Å²) in [5.41, 5.74) is 2.85. The van der Waals surface area contributed by atoms with Gasteiger partial charge in [-0.1, -0.05) is 97.7 Å². The van der Waals surface area contributed by atoms with Gasteiger partial charge in [0.1, 0.15) is 11.5 Å². The molecular weight excluding hydrogens is 408 g/mol. The van der Waals surface area contributed by atoms with Crippen molar-refractivity contribution in [2.75, 3.05) is 7.11 Å². The Hall–Kier alpha value is -2.55. The smallest absolute Gasteiger partial charge is 0.319 e. The summed E-state index contributed by atoms with van der Waals surface area (Å²) in [4.78, 5) is 14.1. The van der Waals surface area contributed by atoms with Gasteiger partial charge in [-0.25, -0.2) is 0 Å². The highest BCUT2D eigenvalue weighted by molar-refractivity contribution is 5.85. The second-order valence-corrected chi connectivity index (χ2v) is 11.0. The molecule has 0 aromatic heterocycles. The van der Waals surface area contributed by atoms with E-state index in [1.165, 1.54) is 0 Å². The van der Waals surface area contributed by atoms with E-state index in [1.54, 1.807) is 7.11 Å². The number of rotatable bonds is 6. The molecule has 2 atom stereocenters. The first kappa shape index (κ1) is 23.6. The van der Waals surface area contributed by atoms with Crippen molar-refractivity contribution >= 4 is 12.0 Å². The van der Waals surface area contributed by atoms with Gasteiger partial charge in [0.15, 0.2) is 0 Å². The molecule has 178 valence electrons. The van der Waals surface area contributed by atoms with Gasteiger partial charge in [-0.15, -0.1) is 0 Å². The minimum absolute atomic E-state index is 0.246. The first-order valence-corrected chi connectivity index (χ1v) is 12.1. The summed E-state index contributed by atoms with van der Waals surface area (Å²) in [6, 6.07) is 11.6. The highest BCUT2D eigenvalue weighted by atomic mass is 16.5. The lowest BCUT2D eigenvalue weighted by Gasteiger charge is -2.32. The van der Waals surface area contributed by atoms with Crippen molar-refractivity contribution in [3.8, 4) is 11.5 Å². The van der Waals surface area contributed by atoms with Crippen LogP contribution in [0.1, 0.15) is 97.2 Å². The van der Waals surface area contributed by atoms with Crippen LogP contribution in [0.5, 0.6) is 11.5 Å². The Bertz CT molecular complexity index is 1040. The quantitative estimate of drug-likeness (QED) is 0.333. The first-order chi connectivity index (χ1) is 15.8. The van der Waals surface area contributed by atoms with Gasteiger partial charge in [-0.05, 0) is 46.4 Å². The fourth-order valence-electron chi connectivity index (χ4n) is 4.42. The molecular formula is C30H40O3. The molecule has 2 aromatic rings. The summed E-state index contributed by atoms with van der Waals surface area (Å²) in [5, 5.41) is 0. The van der Waals surface area contributed by atoms with Crippen molar-refractivity contribution in [3.63, 3.8) is 0 Å². The minimum Gasteiger partial charge on any atom is -0.497 e. The Balaban J connectivity index is 2.18. The van der Waals surface area contributed by atoms with E-state index in [-0.39, 0.29) is 16.7 Å². The molecule has 1 aliphatic carbocycles. The number of allylic oxidation sites excluding steroid dienone is 1. The van der Waals surface area contributed by atoms with E-state index in [0.717, 1.165) is 41.7 Å². The number of hydrogen-bond donors (Lipinski definition) is 0. The van der Waals surface area contributed by atoms with E-state index >= 15 is 0 Å². The molecule has 0 unspecified atom stereocenters. The lowest BCUT2D eigenvalue weighted by Crippen LogP contribution is -2.30. The Morgan fingerprint density at radius 2 is 1.64 bits per heavy atom. The zero-order valence-corrected chi connectivity index (χ0v) is 21.5. The van der Waals surface area contributed by atoms with Crippen LogP contribution in [0.15, 0.2) is 42.5 Å². The normalized spacial score (nSPS) is 20.7. The summed E-state index contributed by atoms with van der Waals surface area (Å²) in [6.07, 6.45) is 6.80. The number of fused-ring (bicyclic) bond motifs is 1. The van der Waals surface area contributed by atoms with Crippen LogP contribution in [0, 0.1) is 5.92 Å². The average Bonchev–Trinajstić information content (AvgIpc) is 2.77. The van der Waals surface area contributed by atoms with Gasteiger partial charge in [0.2, 0.25) is 0 Å². The Morgan fingerprint density at radius 1 is 1.03 bits per heavy atom. The van der Waals surface area contributed by atoms with Gasteiger partial charge in [0, 0.05) is 12.5 Å². The van der Waals surface area contributed by atoms with Gasteiger partial charge in [-0.3, -0.25) is 4.79 Å². The summed E-state index contributed by atoms with van der Waals surface area (Å²) >= 11 is 0. The predicted molar refractivity (Wildman–Crippen MR) is 137 cm³/mol. The van der Waals surface area contributed by atoms with Crippen LogP contribution in [0.2, 0.25) is 0 Å². The van der Waals surface area contributed by atoms with Crippen LogP contribution in [0.25, 0.3) is 6.08 Å². The molecule has 3 rings (SSSR count). The van der Waals surface area contributed by atoms with Crippen molar-refractivity contribution in [3.05, 3.63) is 64.7 Å². The zero-order chi connectivity index (χ0) is 25.3. The third-order valence-corrected chi connectivity index (χ3v) is 6.33. The zero-order valence-electron chi connectivity index (χ0n) is 22.5. The number of hydrogen-bond acceptors (Lipinski definition) is 3. The van der Waals surface area contributed by atoms with Crippen LogP contribution in [-0.4, -0.2) is 13.1 Å². The summed E-state index contributed by atoms with van der Waals surface area (Å²) < 4.78 is 21.5. The van der Waals surface area contributed by atoms with Crippen molar-refractivity contribution < 1.29 is 15.6 Å². The third kappa shape index (κ3) is 5.51. The maximum absolute atomic E-state index is 14.1. The van der Waals surface area contributed by atoms with Crippen LogP contribution in [-0.2, 0) is 15.6 Å². The van der Waals surface area contributed by atoms with Crippen LogP contribution < -0.4 is 9.47 Å². The monoisotopic (exact) mass is 449 g/mol. The maximum atomic E-state index is 14.1. The molecule has 0 saturated heterocycles. The molecule has 2 aromatic carbocycles. The molecule has 0 N–H and O–H groups in total. The van der Waals surface area contributed by atoms with Crippen LogP contribution in [0.3, 0.4) is 0 Å². The third-order valence-electron chi connectivity index (χ3n) is 6.33. The van der Waals surface area contributed by atoms with Gasteiger partial charge in [0.05, 0.1) is 13.0 Å². The molecule has 33 heavy (non-hydrogen) atoms. The molecule has 0 heterocycles. The predicted octanol–water partition coefficient (Wildman–Crippen LogP) is 7.81. The van der Waals surface area contributed by atoms with Crippen molar-refractivity contribution in [2.45, 2.75) is 84.5 Å². The van der Waals surface area contributed by atoms with Gasteiger partial charge < -0.3 is 9.47 Å². The highest BCUT2D eigenvalue weighted by Crippen LogP contribution is 2.44. The number of unbranched alkanes of at least 4 members (excludes halogenated alkanes) is 1. The maximum Gasteiger partial charge on any atom is 0.319 e. The average molecular weight is 450 g/mol.